The number of halogens is 1. The Labute approximate surface area is 132 Å². The van der Waals surface area contributed by atoms with Gasteiger partial charge < -0.3 is 9.15 Å². The van der Waals surface area contributed by atoms with Crippen LogP contribution in [0.5, 0.6) is 5.75 Å². The highest BCUT2D eigenvalue weighted by atomic mass is 19.1. The fraction of sp³-hybridized carbons (Fsp3) is 0.211. The second kappa shape index (κ2) is 4.44. The predicted molar refractivity (Wildman–Crippen MR) is 84.7 cm³/mol. The van der Waals surface area contributed by atoms with Crippen LogP contribution in [0.4, 0.5) is 4.39 Å². The SMILES string of the molecule is COc1ccc2c(c1)C(C)(C)c1oc3c(F)cccc3c1C2=O. The molecule has 23 heavy (non-hydrogen) atoms. The van der Waals surface area contributed by atoms with E-state index in [-0.39, 0.29) is 11.4 Å². The zero-order valence-corrected chi connectivity index (χ0v) is 13.1. The lowest BCUT2D eigenvalue weighted by Crippen LogP contribution is -2.29. The van der Waals surface area contributed by atoms with Crippen LogP contribution in [-0.4, -0.2) is 12.9 Å². The molecule has 3 nitrogen and oxygen atoms in total. The lowest BCUT2D eigenvalue weighted by atomic mass is 9.72. The number of methoxy groups -OCH3 is 1. The van der Waals surface area contributed by atoms with Gasteiger partial charge >= 0.3 is 0 Å². The van der Waals surface area contributed by atoms with Crippen molar-refractivity contribution in [1.29, 1.82) is 0 Å². The van der Waals surface area contributed by atoms with Crippen molar-refractivity contribution in [1.82, 2.24) is 0 Å². The normalized spacial score (nSPS) is 15.4. The zero-order chi connectivity index (χ0) is 16.4. The fourth-order valence-corrected chi connectivity index (χ4v) is 3.37. The van der Waals surface area contributed by atoms with Crippen LogP contribution in [0.15, 0.2) is 40.8 Å². The maximum absolute atomic E-state index is 14.1. The molecule has 4 heteroatoms. The minimum atomic E-state index is -0.557. The maximum atomic E-state index is 14.1. The fourth-order valence-electron chi connectivity index (χ4n) is 3.37. The molecule has 0 atom stereocenters. The van der Waals surface area contributed by atoms with Crippen LogP contribution in [0.1, 0.15) is 41.1 Å². The van der Waals surface area contributed by atoms with E-state index in [0.717, 1.165) is 5.56 Å². The highest BCUT2D eigenvalue weighted by Gasteiger charge is 2.42. The molecule has 0 aliphatic heterocycles. The van der Waals surface area contributed by atoms with Crippen LogP contribution in [0.25, 0.3) is 11.0 Å². The molecule has 0 unspecified atom stereocenters. The summed E-state index contributed by atoms with van der Waals surface area (Å²) in [6, 6.07) is 10.0. The highest BCUT2D eigenvalue weighted by molar-refractivity contribution is 6.19. The first-order valence-corrected chi connectivity index (χ1v) is 7.40. The first-order valence-electron chi connectivity index (χ1n) is 7.40. The summed E-state index contributed by atoms with van der Waals surface area (Å²) in [5, 5.41) is 0.527. The summed E-state index contributed by atoms with van der Waals surface area (Å²) in [4.78, 5) is 13.0. The molecule has 0 spiro atoms. The number of hydrogen-bond acceptors (Lipinski definition) is 3. The molecule has 1 aromatic heterocycles. The maximum Gasteiger partial charge on any atom is 0.197 e. The number of rotatable bonds is 1. The molecule has 0 radical (unpaired) electrons. The van der Waals surface area contributed by atoms with Gasteiger partial charge in [-0.15, -0.1) is 0 Å². The summed E-state index contributed by atoms with van der Waals surface area (Å²) in [6.07, 6.45) is 0. The van der Waals surface area contributed by atoms with Crippen molar-refractivity contribution >= 4 is 16.8 Å². The summed E-state index contributed by atoms with van der Waals surface area (Å²) >= 11 is 0. The summed E-state index contributed by atoms with van der Waals surface area (Å²) in [5.41, 5.74) is 1.48. The number of ketones is 1. The van der Waals surface area contributed by atoms with Crippen LogP contribution < -0.4 is 4.74 Å². The Balaban J connectivity index is 2.10. The number of carbonyl (C=O) groups is 1. The average molecular weight is 310 g/mol. The Morgan fingerprint density at radius 3 is 2.70 bits per heavy atom. The topological polar surface area (TPSA) is 39.4 Å². The number of furan rings is 1. The third kappa shape index (κ3) is 1.72. The van der Waals surface area contributed by atoms with Crippen molar-refractivity contribution in [2.24, 2.45) is 0 Å². The smallest absolute Gasteiger partial charge is 0.197 e. The van der Waals surface area contributed by atoms with E-state index >= 15 is 0 Å². The van der Waals surface area contributed by atoms with E-state index in [4.69, 9.17) is 9.15 Å². The van der Waals surface area contributed by atoms with Gasteiger partial charge in [0.25, 0.3) is 0 Å². The average Bonchev–Trinajstić information content (AvgIpc) is 2.95. The molecule has 1 heterocycles. The Bertz CT molecular complexity index is 966. The minimum Gasteiger partial charge on any atom is -0.497 e. The van der Waals surface area contributed by atoms with E-state index in [1.807, 2.05) is 19.9 Å². The summed E-state index contributed by atoms with van der Waals surface area (Å²) < 4.78 is 25.1. The van der Waals surface area contributed by atoms with Crippen molar-refractivity contribution in [3.8, 4) is 5.75 Å². The number of fused-ring (bicyclic) bond motifs is 4. The van der Waals surface area contributed by atoms with Crippen molar-refractivity contribution in [2.45, 2.75) is 19.3 Å². The summed E-state index contributed by atoms with van der Waals surface area (Å²) in [5.74, 6) is 0.585. The van der Waals surface area contributed by atoms with Gasteiger partial charge in [-0.3, -0.25) is 4.79 Å². The van der Waals surface area contributed by atoms with E-state index < -0.39 is 11.2 Å². The highest BCUT2D eigenvalue weighted by Crippen LogP contribution is 2.46. The van der Waals surface area contributed by atoms with Crippen LogP contribution in [0, 0.1) is 5.82 Å². The largest absolute Gasteiger partial charge is 0.497 e. The van der Waals surface area contributed by atoms with Crippen LogP contribution in [0.2, 0.25) is 0 Å². The Morgan fingerprint density at radius 2 is 1.96 bits per heavy atom. The standard InChI is InChI=1S/C19H15FO3/c1-19(2)13-9-10(22-3)7-8-11(13)16(21)15-12-5-4-6-14(20)17(12)23-18(15)19/h4-9H,1-3H3. The van der Waals surface area contributed by atoms with E-state index in [1.54, 1.807) is 31.4 Å². The lowest BCUT2D eigenvalue weighted by Gasteiger charge is -2.30. The van der Waals surface area contributed by atoms with Crippen LogP contribution in [-0.2, 0) is 5.41 Å². The van der Waals surface area contributed by atoms with E-state index in [2.05, 4.69) is 0 Å². The number of benzene rings is 2. The quantitative estimate of drug-likeness (QED) is 0.666. The molecule has 0 saturated heterocycles. The summed E-state index contributed by atoms with van der Waals surface area (Å²) in [6.45, 7) is 3.94. The Hall–Kier alpha value is -2.62. The van der Waals surface area contributed by atoms with Gasteiger partial charge in [0.15, 0.2) is 17.2 Å². The molecule has 0 saturated carbocycles. The molecular weight excluding hydrogens is 295 g/mol. The van der Waals surface area contributed by atoms with E-state index in [9.17, 15) is 9.18 Å². The predicted octanol–water partition coefficient (Wildman–Crippen LogP) is 4.45. The van der Waals surface area contributed by atoms with Gasteiger partial charge in [-0.1, -0.05) is 12.1 Å². The second-order valence-corrected chi connectivity index (χ2v) is 6.29. The molecular formula is C19H15FO3. The van der Waals surface area contributed by atoms with Crippen molar-refractivity contribution in [3.05, 3.63) is 64.7 Å². The Kier molecular flexibility index (Phi) is 2.71. The first-order chi connectivity index (χ1) is 10.9. The van der Waals surface area contributed by atoms with Crippen LogP contribution in [0.3, 0.4) is 0 Å². The number of hydrogen-bond donors (Lipinski definition) is 0. The van der Waals surface area contributed by atoms with Gasteiger partial charge in [-0.05, 0) is 43.7 Å². The molecule has 0 bridgehead atoms. The number of ether oxygens (including phenoxy) is 1. The molecule has 1 aliphatic rings. The molecule has 0 amide bonds. The van der Waals surface area contributed by atoms with Crippen molar-refractivity contribution < 1.29 is 18.3 Å². The van der Waals surface area contributed by atoms with Gasteiger partial charge in [-0.2, -0.15) is 0 Å². The summed E-state index contributed by atoms with van der Waals surface area (Å²) in [7, 11) is 1.58. The van der Waals surface area contributed by atoms with E-state index in [1.165, 1.54) is 6.07 Å². The monoisotopic (exact) mass is 310 g/mol. The third-order valence-corrected chi connectivity index (χ3v) is 4.61. The molecule has 0 fully saturated rings. The molecule has 1 aliphatic carbocycles. The number of carbonyl (C=O) groups excluding carboxylic acids is 1. The van der Waals surface area contributed by atoms with Gasteiger partial charge in [0.1, 0.15) is 11.5 Å². The second-order valence-electron chi connectivity index (χ2n) is 6.29. The molecule has 2 aromatic carbocycles. The molecule has 3 aromatic rings. The van der Waals surface area contributed by atoms with Crippen molar-refractivity contribution in [3.63, 3.8) is 0 Å². The number of para-hydroxylation sites is 1. The zero-order valence-electron chi connectivity index (χ0n) is 13.1. The molecule has 116 valence electrons. The van der Waals surface area contributed by atoms with Gasteiger partial charge in [0.2, 0.25) is 0 Å². The van der Waals surface area contributed by atoms with E-state index in [0.29, 0.717) is 28.0 Å². The molecule has 0 N–H and O–H groups in total. The van der Waals surface area contributed by atoms with Gasteiger partial charge in [0.05, 0.1) is 12.7 Å². The Morgan fingerprint density at radius 1 is 1.17 bits per heavy atom. The van der Waals surface area contributed by atoms with Crippen LogP contribution >= 0.6 is 0 Å². The lowest BCUT2D eigenvalue weighted by molar-refractivity contribution is 0.102. The minimum absolute atomic E-state index is 0.138. The third-order valence-electron chi connectivity index (χ3n) is 4.61. The first kappa shape index (κ1) is 14.0. The molecule has 4 rings (SSSR count). The van der Waals surface area contributed by atoms with Crippen molar-refractivity contribution in [2.75, 3.05) is 7.11 Å². The van der Waals surface area contributed by atoms with Gasteiger partial charge in [0, 0.05) is 16.4 Å². The van der Waals surface area contributed by atoms with Gasteiger partial charge in [-0.25, -0.2) is 4.39 Å².